The van der Waals surface area contributed by atoms with Crippen molar-refractivity contribution in [1.82, 2.24) is 14.8 Å². The molecule has 138 valence electrons. The van der Waals surface area contributed by atoms with E-state index < -0.39 is 6.10 Å². The van der Waals surface area contributed by atoms with Crippen LogP contribution in [0.15, 0.2) is 60.7 Å². The largest absolute Gasteiger partial charge is 0.491 e. The molecule has 0 saturated carbocycles. The molecule has 0 radical (unpaired) electrons. The minimum Gasteiger partial charge on any atom is -0.491 e. The van der Waals surface area contributed by atoms with Crippen LogP contribution < -0.4 is 4.74 Å². The van der Waals surface area contributed by atoms with E-state index >= 15 is 0 Å². The summed E-state index contributed by atoms with van der Waals surface area (Å²) in [6.07, 6.45) is 12.0. The lowest BCUT2D eigenvalue weighted by molar-refractivity contribution is 0.0919. The van der Waals surface area contributed by atoms with Gasteiger partial charge in [-0.05, 0) is 36.5 Å². The van der Waals surface area contributed by atoms with Crippen LogP contribution in [0.5, 0.6) is 5.75 Å². The zero-order valence-corrected chi connectivity index (χ0v) is 15.0. The lowest BCUT2D eigenvalue weighted by Gasteiger charge is -2.17. The van der Waals surface area contributed by atoms with Crippen LogP contribution in [0.3, 0.4) is 0 Å². The zero-order valence-electron chi connectivity index (χ0n) is 15.0. The molecule has 2 atom stereocenters. The van der Waals surface area contributed by atoms with Crippen molar-refractivity contribution in [3.8, 4) is 5.75 Å². The molecule has 1 aliphatic rings. The second-order valence-electron chi connectivity index (χ2n) is 6.39. The van der Waals surface area contributed by atoms with Gasteiger partial charge in [-0.1, -0.05) is 36.4 Å². The summed E-state index contributed by atoms with van der Waals surface area (Å²) in [7, 11) is 1.74. The van der Waals surface area contributed by atoms with E-state index in [9.17, 15) is 5.11 Å². The van der Waals surface area contributed by atoms with E-state index in [4.69, 9.17) is 9.47 Å². The van der Waals surface area contributed by atoms with Crippen molar-refractivity contribution in [3.05, 3.63) is 66.3 Å². The third-order valence-electron chi connectivity index (χ3n) is 4.38. The van der Waals surface area contributed by atoms with Gasteiger partial charge in [0, 0.05) is 7.11 Å². The smallest absolute Gasteiger partial charge is 0.122 e. The molecule has 3 rings (SSSR count). The fraction of sp³-hybridized carbons (Fsp3) is 0.400. The highest BCUT2D eigenvalue weighted by atomic mass is 16.5. The van der Waals surface area contributed by atoms with Gasteiger partial charge in [-0.2, -0.15) is 0 Å². The quantitative estimate of drug-likeness (QED) is 0.749. The van der Waals surface area contributed by atoms with E-state index in [0.717, 1.165) is 30.6 Å². The first kappa shape index (κ1) is 18.4. The van der Waals surface area contributed by atoms with Crippen molar-refractivity contribution >= 4 is 0 Å². The highest BCUT2D eigenvalue weighted by Gasteiger charge is 2.11. The second-order valence-corrected chi connectivity index (χ2v) is 6.39. The van der Waals surface area contributed by atoms with Crippen molar-refractivity contribution in [2.45, 2.75) is 38.0 Å². The molecule has 0 fully saturated rings. The van der Waals surface area contributed by atoms with E-state index in [0.29, 0.717) is 6.54 Å². The number of ether oxygens (including phenoxy) is 2. The third-order valence-corrected chi connectivity index (χ3v) is 4.38. The minimum atomic E-state index is -0.620. The van der Waals surface area contributed by atoms with Crippen LogP contribution in [-0.4, -0.2) is 45.8 Å². The van der Waals surface area contributed by atoms with Crippen LogP contribution in [0, 0.1) is 0 Å². The molecule has 1 aliphatic carbocycles. The number of benzene rings is 1. The molecule has 0 spiro atoms. The molecule has 0 amide bonds. The number of aliphatic hydroxyl groups excluding tert-OH is 1. The Bertz CT molecular complexity index is 741. The Hall–Kier alpha value is -2.44. The minimum absolute atomic E-state index is 0.175. The molecular weight excluding hydrogens is 330 g/mol. The van der Waals surface area contributed by atoms with Crippen molar-refractivity contribution in [2.75, 3.05) is 13.7 Å². The first-order chi connectivity index (χ1) is 12.7. The van der Waals surface area contributed by atoms with Gasteiger partial charge in [0.05, 0.1) is 12.6 Å². The van der Waals surface area contributed by atoms with E-state index in [2.05, 4.69) is 34.5 Å². The van der Waals surface area contributed by atoms with Gasteiger partial charge in [-0.25, -0.2) is 0 Å². The average Bonchev–Trinajstić information content (AvgIpc) is 3.18. The Balaban J connectivity index is 1.54. The molecule has 0 aliphatic heterocycles. The standard InChI is InChI=1S/C20H25N3O3/c1-25-19-7-4-5-16(11-19)9-10-17-6-2-3-8-20(17)26-13-18(24)12-23-14-21-22-15-23/h2-6,8,11,14-15,18-19,24H,7,9-10,12-13H2,1H3/t18-,19?/m0/s1. The first-order valence-corrected chi connectivity index (χ1v) is 8.86. The molecule has 6 nitrogen and oxygen atoms in total. The molecule has 1 heterocycles. The lowest BCUT2D eigenvalue weighted by Crippen LogP contribution is -2.23. The van der Waals surface area contributed by atoms with Crippen molar-refractivity contribution in [3.63, 3.8) is 0 Å². The van der Waals surface area contributed by atoms with Crippen LogP contribution in [0.2, 0.25) is 0 Å². The lowest BCUT2D eigenvalue weighted by atomic mass is 9.98. The van der Waals surface area contributed by atoms with Gasteiger partial charge in [-0.3, -0.25) is 0 Å². The predicted molar refractivity (Wildman–Crippen MR) is 98.9 cm³/mol. The molecule has 1 unspecified atom stereocenters. The number of methoxy groups -OCH3 is 1. The number of rotatable bonds is 9. The molecule has 26 heavy (non-hydrogen) atoms. The topological polar surface area (TPSA) is 69.4 Å². The molecule has 6 heteroatoms. The second kappa shape index (κ2) is 9.31. The van der Waals surface area contributed by atoms with Crippen LogP contribution in [0.1, 0.15) is 18.4 Å². The number of allylic oxidation sites excluding steroid dienone is 2. The van der Waals surface area contributed by atoms with Crippen LogP contribution >= 0.6 is 0 Å². The van der Waals surface area contributed by atoms with Gasteiger partial charge < -0.3 is 19.1 Å². The van der Waals surface area contributed by atoms with Gasteiger partial charge in [0.2, 0.25) is 0 Å². The van der Waals surface area contributed by atoms with Gasteiger partial charge >= 0.3 is 0 Å². The molecule has 2 aromatic rings. The molecule has 1 aromatic carbocycles. The Labute approximate surface area is 153 Å². The fourth-order valence-corrected chi connectivity index (χ4v) is 2.98. The predicted octanol–water partition coefficient (Wildman–Crippen LogP) is 2.55. The molecule has 0 saturated heterocycles. The number of hydrogen-bond acceptors (Lipinski definition) is 5. The molecule has 1 aromatic heterocycles. The first-order valence-electron chi connectivity index (χ1n) is 8.86. The summed E-state index contributed by atoms with van der Waals surface area (Å²) in [5.41, 5.74) is 2.42. The van der Waals surface area contributed by atoms with Crippen molar-refractivity contribution in [2.24, 2.45) is 0 Å². The Morgan fingerprint density at radius 3 is 2.85 bits per heavy atom. The highest BCUT2D eigenvalue weighted by Crippen LogP contribution is 2.23. The summed E-state index contributed by atoms with van der Waals surface area (Å²) in [6.45, 7) is 0.634. The van der Waals surface area contributed by atoms with E-state index in [1.54, 1.807) is 24.3 Å². The summed E-state index contributed by atoms with van der Waals surface area (Å²) in [5.74, 6) is 0.819. The molecule has 1 N–H and O–H groups in total. The van der Waals surface area contributed by atoms with Crippen LogP contribution in [0.4, 0.5) is 0 Å². The van der Waals surface area contributed by atoms with E-state index in [1.165, 1.54) is 5.57 Å². The van der Waals surface area contributed by atoms with Gasteiger partial charge in [0.15, 0.2) is 0 Å². The summed E-state index contributed by atoms with van der Waals surface area (Å²) in [6, 6.07) is 7.98. The number of nitrogens with zero attached hydrogens (tertiary/aromatic N) is 3. The summed E-state index contributed by atoms with van der Waals surface area (Å²) in [4.78, 5) is 0. The Morgan fingerprint density at radius 1 is 1.23 bits per heavy atom. The number of hydrogen-bond donors (Lipinski definition) is 1. The number of aryl methyl sites for hydroxylation is 1. The third kappa shape index (κ3) is 5.28. The maximum absolute atomic E-state index is 10.1. The Morgan fingerprint density at radius 2 is 2.04 bits per heavy atom. The van der Waals surface area contributed by atoms with Gasteiger partial charge in [0.25, 0.3) is 0 Å². The van der Waals surface area contributed by atoms with E-state index in [-0.39, 0.29) is 12.7 Å². The average molecular weight is 355 g/mol. The van der Waals surface area contributed by atoms with Crippen molar-refractivity contribution < 1.29 is 14.6 Å². The molecule has 0 bridgehead atoms. The van der Waals surface area contributed by atoms with Gasteiger partial charge in [-0.15, -0.1) is 10.2 Å². The summed E-state index contributed by atoms with van der Waals surface area (Å²) >= 11 is 0. The van der Waals surface area contributed by atoms with Crippen LogP contribution in [0.25, 0.3) is 0 Å². The maximum atomic E-state index is 10.1. The summed E-state index contributed by atoms with van der Waals surface area (Å²) < 4.78 is 13.0. The Kier molecular flexibility index (Phi) is 6.57. The molecular formula is C20H25N3O3. The fourth-order valence-electron chi connectivity index (χ4n) is 2.98. The van der Waals surface area contributed by atoms with Crippen molar-refractivity contribution in [1.29, 1.82) is 0 Å². The SMILES string of the molecule is COC1C=C(CCc2ccccc2OC[C@@H](O)Cn2cnnc2)C=CC1. The maximum Gasteiger partial charge on any atom is 0.122 e. The number of aromatic nitrogens is 3. The normalized spacial score (nSPS) is 17.8. The van der Waals surface area contributed by atoms with E-state index in [1.807, 2.05) is 18.2 Å². The van der Waals surface area contributed by atoms with Gasteiger partial charge in [0.1, 0.15) is 31.1 Å². The number of aliphatic hydroxyl groups is 1. The zero-order chi connectivity index (χ0) is 18.2. The van der Waals surface area contributed by atoms with Crippen LogP contribution in [-0.2, 0) is 17.7 Å². The monoisotopic (exact) mass is 355 g/mol. The highest BCUT2D eigenvalue weighted by molar-refractivity contribution is 5.35. The summed E-state index contributed by atoms with van der Waals surface area (Å²) in [5, 5.41) is 17.6. The number of para-hydroxylation sites is 1.